The maximum absolute atomic E-state index is 6.42. The Labute approximate surface area is 113 Å². The van der Waals surface area contributed by atoms with Crippen LogP contribution in [0, 0.1) is 0 Å². The van der Waals surface area contributed by atoms with Gasteiger partial charge in [0, 0.05) is 28.7 Å². The van der Waals surface area contributed by atoms with Gasteiger partial charge in [0.15, 0.2) is 0 Å². The first kappa shape index (κ1) is 12.1. The molecule has 2 nitrogen and oxygen atoms in total. The van der Waals surface area contributed by atoms with Gasteiger partial charge in [-0.3, -0.25) is 0 Å². The van der Waals surface area contributed by atoms with E-state index in [0.29, 0.717) is 5.54 Å². The monoisotopic (exact) mass is 262 g/mol. The minimum atomic E-state index is 0.292. The predicted molar refractivity (Wildman–Crippen MR) is 77.0 cm³/mol. The van der Waals surface area contributed by atoms with Gasteiger partial charge in [-0.15, -0.1) is 0 Å². The minimum Gasteiger partial charge on any atom is -0.356 e. The summed E-state index contributed by atoms with van der Waals surface area (Å²) in [6.07, 6.45) is 5.21. The lowest BCUT2D eigenvalue weighted by Gasteiger charge is -2.25. The van der Waals surface area contributed by atoms with Crippen LogP contribution in [0.2, 0.25) is 5.02 Å². The zero-order valence-electron chi connectivity index (χ0n) is 10.7. The zero-order valence-corrected chi connectivity index (χ0v) is 11.5. The summed E-state index contributed by atoms with van der Waals surface area (Å²) in [6.45, 7) is 3.14. The molecule has 1 aliphatic rings. The van der Waals surface area contributed by atoms with E-state index in [0.717, 1.165) is 28.2 Å². The number of hydrogen-bond acceptors (Lipinski definition) is 1. The molecule has 3 rings (SSSR count). The molecular formula is C15H19ClN2. The molecule has 1 aromatic heterocycles. The standard InChI is InChI=1S/C15H19ClN2/c1-15(8-4-5-9-15)17-10-13-14(16)11-6-2-3-7-12(11)18-13/h2-3,6-7,17-18H,4-5,8-10H2,1H3. The van der Waals surface area contributed by atoms with Gasteiger partial charge in [-0.05, 0) is 25.8 Å². The lowest BCUT2D eigenvalue weighted by atomic mass is 10.0. The summed E-state index contributed by atoms with van der Waals surface area (Å²) in [5, 5.41) is 5.64. The third kappa shape index (κ3) is 2.15. The van der Waals surface area contributed by atoms with E-state index in [1.54, 1.807) is 0 Å². The fourth-order valence-corrected chi connectivity index (χ4v) is 3.20. The largest absolute Gasteiger partial charge is 0.356 e. The Kier molecular flexibility index (Phi) is 3.08. The molecule has 0 amide bonds. The van der Waals surface area contributed by atoms with Crippen molar-refractivity contribution in [2.24, 2.45) is 0 Å². The van der Waals surface area contributed by atoms with Crippen LogP contribution in [0.15, 0.2) is 24.3 Å². The first-order valence-electron chi connectivity index (χ1n) is 6.68. The summed E-state index contributed by atoms with van der Waals surface area (Å²) in [4.78, 5) is 3.41. The lowest BCUT2D eigenvalue weighted by Crippen LogP contribution is -2.38. The SMILES string of the molecule is CC1(NCc2[nH]c3ccccc3c2Cl)CCCC1. The van der Waals surface area contributed by atoms with Crippen molar-refractivity contribution in [3.05, 3.63) is 35.0 Å². The first-order valence-corrected chi connectivity index (χ1v) is 7.06. The molecule has 1 aromatic carbocycles. The lowest BCUT2D eigenvalue weighted by molar-refractivity contribution is 0.361. The first-order chi connectivity index (χ1) is 8.68. The molecule has 0 unspecified atom stereocenters. The van der Waals surface area contributed by atoms with E-state index >= 15 is 0 Å². The molecule has 1 saturated carbocycles. The van der Waals surface area contributed by atoms with Gasteiger partial charge in [-0.1, -0.05) is 42.6 Å². The number of aromatic amines is 1. The average Bonchev–Trinajstić information content (AvgIpc) is 2.93. The van der Waals surface area contributed by atoms with Gasteiger partial charge in [0.2, 0.25) is 0 Å². The number of nitrogens with one attached hydrogen (secondary N) is 2. The normalized spacial score (nSPS) is 18.6. The maximum atomic E-state index is 6.42. The summed E-state index contributed by atoms with van der Waals surface area (Å²) >= 11 is 6.42. The van der Waals surface area contributed by atoms with Gasteiger partial charge < -0.3 is 10.3 Å². The Bertz CT molecular complexity index is 553. The number of rotatable bonds is 3. The average molecular weight is 263 g/mol. The second-order valence-corrected chi connectivity index (χ2v) is 5.96. The molecular weight excluding hydrogens is 244 g/mol. The van der Waals surface area contributed by atoms with Crippen molar-refractivity contribution in [3.8, 4) is 0 Å². The van der Waals surface area contributed by atoms with Crippen molar-refractivity contribution in [2.45, 2.75) is 44.7 Å². The maximum Gasteiger partial charge on any atom is 0.0705 e. The van der Waals surface area contributed by atoms with Gasteiger partial charge in [-0.25, -0.2) is 0 Å². The molecule has 1 fully saturated rings. The molecule has 96 valence electrons. The van der Waals surface area contributed by atoms with Crippen molar-refractivity contribution < 1.29 is 0 Å². The van der Waals surface area contributed by atoms with Crippen LogP contribution in [0.1, 0.15) is 38.3 Å². The fourth-order valence-electron chi connectivity index (χ4n) is 2.92. The topological polar surface area (TPSA) is 27.8 Å². The Hall–Kier alpha value is -0.990. The van der Waals surface area contributed by atoms with E-state index < -0.39 is 0 Å². The highest BCUT2D eigenvalue weighted by Gasteiger charge is 2.28. The smallest absolute Gasteiger partial charge is 0.0705 e. The molecule has 1 aliphatic carbocycles. The second kappa shape index (κ2) is 4.60. The van der Waals surface area contributed by atoms with Crippen LogP contribution in [-0.4, -0.2) is 10.5 Å². The number of hydrogen-bond donors (Lipinski definition) is 2. The van der Waals surface area contributed by atoms with Crippen molar-refractivity contribution in [1.82, 2.24) is 10.3 Å². The van der Waals surface area contributed by atoms with Crippen molar-refractivity contribution >= 4 is 22.5 Å². The quantitative estimate of drug-likeness (QED) is 0.851. The summed E-state index contributed by atoms with van der Waals surface area (Å²) in [5.41, 5.74) is 2.52. The van der Waals surface area contributed by atoms with Crippen LogP contribution in [0.5, 0.6) is 0 Å². The summed E-state index contributed by atoms with van der Waals surface area (Å²) in [5.74, 6) is 0. The number of aromatic nitrogens is 1. The van der Waals surface area contributed by atoms with Crippen molar-refractivity contribution in [2.75, 3.05) is 0 Å². The highest BCUT2D eigenvalue weighted by molar-refractivity contribution is 6.36. The number of halogens is 1. The molecule has 18 heavy (non-hydrogen) atoms. The summed E-state index contributed by atoms with van der Waals surface area (Å²) in [7, 11) is 0. The van der Waals surface area contributed by atoms with E-state index in [1.165, 1.54) is 25.7 Å². The molecule has 0 atom stereocenters. The molecule has 2 aromatic rings. The number of H-pyrrole nitrogens is 1. The van der Waals surface area contributed by atoms with Crippen molar-refractivity contribution in [3.63, 3.8) is 0 Å². The van der Waals surface area contributed by atoms with E-state index in [4.69, 9.17) is 11.6 Å². The Morgan fingerprint density at radius 1 is 1.28 bits per heavy atom. The Morgan fingerprint density at radius 2 is 2.00 bits per heavy atom. The second-order valence-electron chi connectivity index (χ2n) is 5.58. The van der Waals surface area contributed by atoms with Crippen LogP contribution >= 0.6 is 11.6 Å². The van der Waals surface area contributed by atoms with E-state index in [9.17, 15) is 0 Å². The van der Waals surface area contributed by atoms with Crippen LogP contribution in [0.3, 0.4) is 0 Å². The van der Waals surface area contributed by atoms with Crippen molar-refractivity contribution in [1.29, 1.82) is 0 Å². The molecule has 0 spiro atoms. The highest BCUT2D eigenvalue weighted by Crippen LogP contribution is 2.31. The molecule has 0 radical (unpaired) electrons. The van der Waals surface area contributed by atoms with Crippen LogP contribution in [-0.2, 0) is 6.54 Å². The molecule has 0 aliphatic heterocycles. The van der Waals surface area contributed by atoms with Gasteiger partial charge >= 0.3 is 0 Å². The number of fused-ring (bicyclic) bond motifs is 1. The molecule has 0 bridgehead atoms. The van der Waals surface area contributed by atoms with Gasteiger partial charge in [0.1, 0.15) is 0 Å². The fraction of sp³-hybridized carbons (Fsp3) is 0.467. The van der Waals surface area contributed by atoms with E-state index in [2.05, 4.69) is 29.4 Å². The third-order valence-electron chi connectivity index (χ3n) is 4.11. The van der Waals surface area contributed by atoms with Gasteiger partial charge in [-0.2, -0.15) is 0 Å². The van der Waals surface area contributed by atoms with E-state index in [1.807, 2.05) is 12.1 Å². The highest BCUT2D eigenvalue weighted by atomic mass is 35.5. The number of benzene rings is 1. The van der Waals surface area contributed by atoms with E-state index in [-0.39, 0.29) is 0 Å². The zero-order chi connectivity index (χ0) is 12.6. The van der Waals surface area contributed by atoms with Gasteiger partial charge in [0.25, 0.3) is 0 Å². The molecule has 2 N–H and O–H groups in total. The Morgan fingerprint density at radius 3 is 2.72 bits per heavy atom. The molecule has 3 heteroatoms. The van der Waals surface area contributed by atoms with Gasteiger partial charge in [0.05, 0.1) is 5.02 Å². The minimum absolute atomic E-state index is 0.292. The summed E-state index contributed by atoms with van der Waals surface area (Å²) < 4.78 is 0. The number of para-hydroxylation sites is 1. The molecule has 1 heterocycles. The summed E-state index contributed by atoms with van der Waals surface area (Å²) in [6, 6.07) is 8.19. The van der Waals surface area contributed by atoms with Crippen LogP contribution in [0.4, 0.5) is 0 Å². The van der Waals surface area contributed by atoms with Crippen LogP contribution < -0.4 is 5.32 Å². The Balaban J connectivity index is 1.80. The third-order valence-corrected chi connectivity index (χ3v) is 4.54. The predicted octanol–water partition coefficient (Wildman–Crippen LogP) is 4.24. The molecule has 0 saturated heterocycles. The van der Waals surface area contributed by atoms with Crippen LogP contribution in [0.25, 0.3) is 10.9 Å².